The zero-order chi connectivity index (χ0) is 18.4. The molecule has 0 saturated carbocycles. The van der Waals surface area contributed by atoms with E-state index in [2.05, 4.69) is 15.5 Å². The summed E-state index contributed by atoms with van der Waals surface area (Å²) in [6.45, 7) is 3.35. The van der Waals surface area contributed by atoms with Crippen LogP contribution in [0.4, 0.5) is 5.82 Å². The van der Waals surface area contributed by atoms with Gasteiger partial charge in [-0.25, -0.2) is 0 Å². The Morgan fingerprint density at radius 1 is 1.35 bits per heavy atom. The molecule has 2 amide bonds. The highest BCUT2D eigenvalue weighted by Gasteiger charge is 2.28. The predicted octanol–water partition coefficient (Wildman–Crippen LogP) is 2.36. The van der Waals surface area contributed by atoms with E-state index < -0.39 is 0 Å². The van der Waals surface area contributed by atoms with Crippen LogP contribution in [0.5, 0.6) is 5.75 Å². The molecule has 1 saturated heterocycles. The summed E-state index contributed by atoms with van der Waals surface area (Å²) in [6.07, 6.45) is 1.91. The lowest BCUT2D eigenvalue weighted by molar-refractivity contribution is -0.135. The number of H-pyrrole nitrogens is 1. The number of hydrogen-bond acceptors (Lipinski definition) is 4. The molecule has 3 rings (SSSR count). The number of amides is 2. The molecule has 26 heavy (non-hydrogen) atoms. The highest BCUT2D eigenvalue weighted by molar-refractivity contribution is 5.92. The van der Waals surface area contributed by atoms with Gasteiger partial charge < -0.3 is 15.0 Å². The Morgan fingerprint density at radius 2 is 2.15 bits per heavy atom. The molecule has 0 aliphatic carbocycles. The maximum atomic E-state index is 12.4. The zero-order valence-electron chi connectivity index (χ0n) is 14.9. The fourth-order valence-electron chi connectivity index (χ4n) is 3.06. The molecule has 1 fully saturated rings. The number of nitrogens with one attached hydrogen (secondary N) is 2. The van der Waals surface area contributed by atoms with Gasteiger partial charge in [0.1, 0.15) is 5.75 Å². The van der Waals surface area contributed by atoms with E-state index in [0.29, 0.717) is 31.9 Å². The monoisotopic (exact) mass is 356 g/mol. The SMILES string of the molecule is Cc1cc(NC(=O)C2CCCN(C(=O)CCOc3ccccc3)C2)n[nH]1. The lowest BCUT2D eigenvalue weighted by Gasteiger charge is -2.32. The van der Waals surface area contributed by atoms with E-state index in [4.69, 9.17) is 4.74 Å². The number of carbonyl (C=O) groups is 2. The molecule has 138 valence electrons. The van der Waals surface area contributed by atoms with Gasteiger partial charge in [0.2, 0.25) is 11.8 Å². The number of rotatable bonds is 6. The van der Waals surface area contributed by atoms with Gasteiger partial charge in [0.05, 0.1) is 18.9 Å². The summed E-state index contributed by atoms with van der Waals surface area (Å²) in [5.41, 5.74) is 0.888. The molecular weight excluding hydrogens is 332 g/mol. The lowest BCUT2D eigenvalue weighted by Crippen LogP contribution is -2.44. The Morgan fingerprint density at radius 3 is 2.88 bits per heavy atom. The normalized spacial score (nSPS) is 17.0. The largest absolute Gasteiger partial charge is 0.493 e. The lowest BCUT2D eigenvalue weighted by atomic mass is 9.97. The van der Waals surface area contributed by atoms with Gasteiger partial charge in [0, 0.05) is 24.8 Å². The Kier molecular flexibility index (Phi) is 5.88. The van der Waals surface area contributed by atoms with E-state index in [0.717, 1.165) is 24.3 Å². The van der Waals surface area contributed by atoms with Crippen LogP contribution in [0.2, 0.25) is 0 Å². The Hall–Kier alpha value is -2.83. The minimum Gasteiger partial charge on any atom is -0.493 e. The summed E-state index contributed by atoms with van der Waals surface area (Å²) in [5, 5.41) is 9.63. The molecule has 0 radical (unpaired) electrons. The molecule has 1 unspecified atom stereocenters. The van der Waals surface area contributed by atoms with Crippen molar-refractivity contribution in [2.75, 3.05) is 25.0 Å². The van der Waals surface area contributed by atoms with Gasteiger partial charge >= 0.3 is 0 Å². The van der Waals surface area contributed by atoms with E-state index in [9.17, 15) is 9.59 Å². The van der Waals surface area contributed by atoms with Gasteiger partial charge in [-0.3, -0.25) is 14.7 Å². The summed E-state index contributed by atoms with van der Waals surface area (Å²) >= 11 is 0. The van der Waals surface area contributed by atoms with Gasteiger partial charge in [-0.05, 0) is 31.9 Å². The Balaban J connectivity index is 1.46. The number of anilines is 1. The zero-order valence-corrected chi connectivity index (χ0v) is 14.9. The predicted molar refractivity (Wildman–Crippen MR) is 97.8 cm³/mol. The number of likely N-dealkylation sites (tertiary alicyclic amines) is 1. The molecule has 2 aromatic rings. The van der Waals surface area contributed by atoms with E-state index >= 15 is 0 Å². The van der Waals surface area contributed by atoms with E-state index in [1.54, 1.807) is 11.0 Å². The van der Waals surface area contributed by atoms with Gasteiger partial charge in [0.15, 0.2) is 5.82 Å². The number of nitrogens with zero attached hydrogens (tertiary/aromatic N) is 2. The summed E-state index contributed by atoms with van der Waals surface area (Å²) in [7, 11) is 0. The first kappa shape index (κ1) is 18.0. The fraction of sp³-hybridized carbons (Fsp3) is 0.421. The molecule has 7 nitrogen and oxygen atoms in total. The van der Waals surface area contributed by atoms with Crippen LogP contribution in [0.3, 0.4) is 0 Å². The van der Waals surface area contributed by atoms with Crippen LogP contribution in [0.1, 0.15) is 25.0 Å². The highest BCUT2D eigenvalue weighted by Crippen LogP contribution is 2.19. The van der Waals surface area contributed by atoms with Crippen LogP contribution in [-0.4, -0.2) is 46.6 Å². The fourth-order valence-corrected chi connectivity index (χ4v) is 3.06. The molecule has 1 aromatic heterocycles. The molecule has 0 spiro atoms. The highest BCUT2D eigenvalue weighted by atomic mass is 16.5. The van der Waals surface area contributed by atoms with Crippen LogP contribution in [0, 0.1) is 12.8 Å². The molecule has 0 bridgehead atoms. The number of benzene rings is 1. The maximum Gasteiger partial charge on any atom is 0.230 e. The molecule has 1 atom stereocenters. The Bertz CT molecular complexity index is 744. The average molecular weight is 356 g/mol. The summed E-state index contributed by atoms with van der Waals surface area (Å²) in [4.78, 5) is 26.6. The molecule has 7 heteroatoms. The maximum absolute atomic E-state index is 12.4. The standard InChI is InChI=1S/C19H24N4O3/c1-14-12-17(22-21-14)20-19(25)15-6-5-10-23(13-15)18(24)9-11-26-16-7-3-2-4-8-16/h2-4,7-8,12,15H,5-6,9-11,13H2,1H3,(H2,20,21,22,25). The molecular formula is C19H24N4O3. The first-order chi connectivity index (χ1) is 12.6. The number of piperidine rings is 1. The first-order valence-electron chi connectivity index (χ1n) is 8.90. The minimum atomic E-state index is -0.209. The second-order valence-electron chi connectivity index (χ2n) is 6.52. The van der Waals surface area contributed by atoms with Gasteiger partial charge in [-0.15, -0.1) is 0 Å². The van der Waals surface area contributed by atoms with Crippen LogP contribution >= 0.6 is 0 Å². The van der Waals surface area contributed by atoms with Crippen molar-refractivity contribution >= 4 is 17.6 Å². The molecule has 1 aliphatic rings. The third kappa shape index (κ3) is 4.84. The summed E-state index contributed by atoms with van der Waals surface area (Å²) in [5.74, 6) is 1.00. The third-order valence-corrected chi connectivity index (χ3v) is 4.43. The third-order valence-electron chi connectivity index (χ3n) is 4.43. The molecule has 2 N–H and O–H groups in total. The first-order valence-corrected chi connectivity index (χ1v) is 8.90. The summed E-state index contributed by atoms with van der Waals surface area (Å²) in [6, 6.07) is 11.2. The summed E-state index contributed by atoms with van der Waals surface area (Å²) < 4.78 is 5.58. The van der Waals surface area contributed by atoms with Crippen molar-refractivity contribution in [3.63, 3.8) is 0 Å². The second kappa shape index (κ2) is 8.51. The number of aryl methyl sites for hydroxylation is 1. The van der Waals surface area contributed by atoms with Gasteiger partial charge in [-0.1, -0.05) is 18.2 Å². The van der Waals surface area contributed by atoms with E-state index in [-0.39, 0.29) is 17.7 Å². The number of ether oxygens (including phenoxy) is 1. The Labute approximate surface area is 152 Å². The minimum absolute atomic E-state index is 0.0223. The van der Waals surface area contributed by atoms with Gasteiger partial charge in [0.25, 0.3) is 0 Å². The van der Waals surface area contributed by atoms with Crippen molar-refractivity contribution in [2.45, 2.75) is 26.2 Å². The van der Waals surface area contributed by atoms with Crippen molar-refractivity contribution < 1.29 is 14.3 Å². The second-order valence-corrected chi connectivity index (χ2v) is 6.52. The van der Waals surface area contributed by atoms with Crippen molar-refractivity contribution in [3.8, 4) is 5.75 Å². The number of aromatic amines is 1. The molecule has 2 heterocycles. The topological polar surface area (TPSA) is 87.3 Å². The van der Waals surface area contributed by atoms with Crippen molar-refractivity contribution in [1.82, 2.24) is 15.1 Å². The van der Waals surface area contributed by atoms with E-state index in [1.807, 2.05) is 37.3 Å². The van der Waals surface area contributed by atoms with Crippen molar-refractivity contribution in [2.24, 2.45) is 5.92 Å². The van der Waals surface area contributed by atoms with Crippen molar-refractivity contribution in [1.29, 1.82) is 0 Å². The number of para-hydroxylation sites is 1. The number of aromatic nitrogens is 2. The smallest absolute Gasteiger partial charge is 0.230 e. The van der Waals surface area contributed by atoms with Crippen LogP contribution in [0.25, 0.3) is 0 Å². The average Bonchev–Trinajstić information content (AvgIpc) is 3.07. The van der Waals surface area contributed by atoms with Crippen LogP contribution < -0.4 is 10.1 Å². The quantitative estimate of drug-likeness (QED) is 0.832. The van der Waals surface area contributed by atoms with Crippen LogP contribution in [0.15, 0.2) is 36.4 Å². The van der Waals surface area contributed by atoms with Crippen LogP contribution in [-0.2, 0) is 9.59 Å². The number of hydrogen-bond donors (Lipinski definition) is 2. The van der Waals surface area contributed by atoms with E-state index in [1.165, 1.54) is 0 Å². The molecule has 1 aromatic carbocycles. The number of carbonyl (C=O) groups excluding carboxylic acids is 2. The molecule has 1 aliphatic heterocycles. The van der Waals surface area contributed by atoms with Crippen molar-refractivity contribution in [3.05, 3.63) is 42.1 Å². The van der Waals surface area contributed by atoms with Gasteiger partial charge in [-0.2, -0.15) is 5.10 Å².